The Morgan fingerprint density at radius 3 is 2.07 bits per heavy atom. The van der Waals surface area contributed by atoms with Gasteiger partial charge in [0.05, 0.1) is 0 Å². The van der Waals surface area contributed by atoms with Crippen LogP contribution in [0, 0.1) is 0 Å². The van der Waals surface area contributed by atoms with E-state index in [9.17, 15) is 0 Å². The van der Waals surface area contributed by atoms with E-state index in [1.807, 2.05) is 0 Å². The Balaban J connectivity index is 2.20. The average Bonchev–Trinajstić information content (AvgIpc) is 2.30. The van der Waals surface area contributed by atoms with Gasteiger partial charge in [-0.1, -0.05) is 60.0 Å². The molecule has 0 nitrogen and oxygen atoms in total. The first kappa shape index (κ1) is 12.8. The fourth-order valence-corrected chi connectivity index (χ4v) is 2.12. The number of alkyl halides is 1. The summed E-state index contributed by atoms with van der Waals surface area (Å²) in [5, 5.41) is 1.15. The van der Waals surface area contributed by atoms with Crippen LogP contribution in [0.25, 0.3) is 0 Å². The third-order valence-electron chi connectivity index (χ3n) is 2.78. The lowest BCUT2D eigenvalue weighted by molar-refractivity contribution is 0.671. The number of halogens is 1. The molecule has 1 rings (SSSR count). The second-order valence-corrected chi connectivity index (χ2v) is 4.82. The van der Waals surface area contributed by atoms with E-state index in [0.29, 0.717) is 0 Å². The van der Waals surface area contributed by atoms with Crippen LogP contribution in [0.5, 0.6) is 0 Å². The summed E-state index contributed by atoms with van der Waals surface area (Å²) in [4.78, 5) is 0. The fourth-order valence-electron chi connectivity index (χ4n) is 1.72. The van der Waals surface area contributed by atoms with Crippen molar-refractivity contribution in [3.8, 4) is 0 Å². The number of hydrogen-bond acceptors (Lipinski definition) is 0. The molecule has 0 aliphatic carbocycles. The van der Waals surface area contributed by atoms with Crippen molar-refractivity contribution in [2.45, 2.75) is 45.4 Å². The topological polar surface area (TPSA) is 0 Å². The molecule has 0 aromatic heterocycles. The lowest BCUT2D eigenvalue weighted by Crippen LogP contribution is -1.87. The van der Waals surface area contributed by atoms with Gasteiger partial charge in [-0.3, -0.25) is 0 Å². The van der Waals surface area contributed by atoms with E-state index < -0.39 is 0 Å². The Kier molecular flexibility index (Phi) is 6.74. The standard InChI is InChI=1S/C14H21Br/c1-2-13-8-10-14(11-9-13)7-5-3-4-6-12-15/h8-11H,2-7,12H2,1H3. The van der Waals surface area contributed by atoms with Crippen molar-refractivity contribution in [2.24, 2.45) is 0 Å². The second kappa shape index (κ2) is 7.92. The van der Waals surface area contributed by atoms with Crippen LogP contribution >= 0.6 is 15.9 Å². The summed E-state index contributed by atoms with van der Waals surface area (Å²) in [6, 6.07) is 9.08. The van der Waals surface area contributed by atoms with Crippen molar-refractivity contribution in [3.63, 3.8) is 0 Å². The third kappa shape index (κ3) is 5.36. The predicted molar refractivity (Wildman–Crippen MR) is 71.8 cm³/mol. The lowest BCUT2D eigenvalue weighted by atomic mass is 10.0. The van der Waals surface area contributed by atoms with Crippen molar-refractivity contribution in [2.75, 3.05) is 5.33 Å². The lowest BCUT2D eigenvalue weighted by Gasteiger charge is -2.02. The van der Waals surface area contributed by atoms with Crippen molar-refractivity contribution in [3.05, 3.63) is 35.4 Å². The summed E-state index contributed by atoms with van der Waals surface area (Å²) in [6.07, 6.45) is 7.75. The molecular formula is C14H21Br. The highest BCUT2D eigenvalue weighted by atomic mass is 79.9. The Labute approximate surface area is 102 Å². The summed E-state index contributed by atoms with van der Waals surface area (Å²) < 4.78 is 0. The maximum absolute atomic E-state index is 3.46. The van der Waals surface area contributed by atoms with E-state index in [2.05, 4.69) is 47.1 Å². The average molecular weight is 269 g/mol. The van der Waals surface area contributed by atoms with Gasteiger partial charge in [0.2, 0.25) is 0 Å². The first-order valence-corrected chi connectivity index (χ1v) is 7.12. The van der Waals surface area contributed by atoms with E-state index >= 15 is 0 Å². The van der Waals surface area contributed by atoms with Crippen LogP contribution in [0.4, 0.5) is 0 Å². The van der Waals surface area contributed by atoms with Gasteiger partial charge < -0.3 is 0 Å². The number of benzene rings is 1. The number of unbranched alkanes of at least 4 members (excludes halogenated alkanes) is 3. The molecule has 84 valence electrons. The molecule has 0 fully saturated rings. The molecule has 15 heavy (non-hydrogen) atoms. The highest BCUT2D eigenvalue weighted by Crippen LogP contribution is 2.10. The minimum absolute atomic E-state index is 1.14. The Hall–Kier alpha value is -0.300. The molecule has 0 aliphatic rings. The van der Waals surface area contributed by atoms with Gasteiger partial charge in [0.15, 0.2) is 0 Å². The van der Waals surface area contributed by atoms with Crippen molar-refractivity contribution >= 4 is 15.9 Å². The summed E-state index contributed by atoms with van der Waals surface area (Å²) in [6.45, 7) is 2.20. The number of rotatable bonds is 7. The molecule has 1 heteroatoms. The summed E-state index contributed by atoms with van der Waals surface area (Å²) in [5.74, 6) is 0. The smallest absolute Gasteiger partial charge is 0.00313 e. The molecular weight excluding hydrogens is 248 g/mol. The molecule has 0 heterocycles. The molecule has 0 unspecified atom stereocenters. The molecule has 0 saturated heterocycles. The van der Waals surface area contributed by atoms with E-state index in [1.165, 1.54) is 43.2 Å². The highest BCUT2D eigenvalue weighted by molar-refractivity contribution is 9.09. The zero-order valence-electron chi connectivity index (χ0n) is 9.64. The third-order valence-corrected chi connectivity index (χ3v) is 3.34. The Bertz CT molecular complexity index is 251. The fraction of sp³-hybridized carbons (Fsp3) is 0.571. The summed E-state index contributed by atoms with van der Waals surface area (Å²) in [7, 11) is 0. The minimum atomic E-state index is 1.14. The maximum Gasteiger partial charge on any atom is 0.00313 e. The summed E-state index contributed by atoms with van der Waals surface area (Å²) >= 11 is 3.46. The van der Waals surface area contributed by atoms with Crippen LogP contribution in [0.1, 0.15) is 43.7 Å². The Morgan fingerprint density at radius 2 is 1.47 bits per heavy atom. The van der Waals surface area contributed by atoms with Crippen molar-refractivity contribution in [1.82, 2.24) is 0 Å². The zero-order valence-corrected chi connectivity index (χ0v) is 11.2. The second-order valence-electron chi connectivity index (χ2n) is 4.02. The van der Waals surface area contributed by atoms with Crippen LogP contribution < -0.4 is 0 Å². The minimum Gasteiger partial charge on any atom is -0.0928 e. The van der Waals surface area contributed by atoms with Gasteiger partial charge in [0.1, 0.15) is 0 Å². The molecule has 0 spiro atoms. The van der Waals surface area contributed by atoms with Gasteiger partial charge in [-0.2, -0.15) is 0 Å². The van der Waals surface area contributed by atoms with Gasteiger partial charge in [-0.25, -0.2) is 0 Å². The first-order chi connectivity index (χ1) is 7.36. The van der Waals surface area contributed by atoms with Crippen LogP contribution in [-0.4, -0.2) is 5.33 Å². The number of aryl methyl sites for hydroxylation is 2. The predicted octanol–water partition coefficient (Wildman–Crippen LogP) is 4.75. The SMILES string of the molecule is CCc1ccc(CCCCCCBr)cc1. The van der Waals surface area contributed by atoms with Gasteiger partial charge in [-0.15, -0.1) is 0 Å². The van der Waals surface area contributed by atoms with Crippen molar-refractivity contribution in [1.29, 1.82) is 0 Å². The molecule has 0 saturated carbocycles. The largest absolute Gasteiger partial charge is 0.0928 e. The van der Waals surface area contributed by atoms with E-state index in [1.54, 1.807) is 0 Å². The molecule has 0 radical (unpaired) electrons. The highest BCUT2D eigenvalue weighted by Gasteiger charge is 1.94. The van der Waals surface area contributed by atoms with E-state index in [4.69, 9.17) is 0 Å². The van der Waals surface area contributed by atoms with Gasteiger partial charge in [-0.05, 0) is 36.8 Å². The summed E-state index contributed by atoms with van der Waals surface area (Å²) in [5.41, 5.74) is 2.93. The van der Waals surface area contributed by atoms with Gasteiger partial charge >= 0.3 is 0 Å². The molecule has 0 aliphatic heterocycles. The van der Waals surface area contributed by atoms with Crippen LogP contribution in [0.3, 0.4) is 0 Å². The Morgan fingerprint density at radius 1 is 0.867 bits per heavy atom. The molecule has 0 amide bonds. The van der Waals surface area contributed by atoms with Crippen molar-refractivity contribution < 1.29 is 0 Å². The molecule has 0 atom stereocenters. The normalized spacial score (nSPS) is 10.5. The zero-order chi connectivity index (χ0) is 10.9. The van der Waals surface area contributed by atoms with Crippen LogP contribution in [0.2, 0.25) is 0 Å². The molecule has 0 N–H and O–H groups in total. The molecule has 1 aromatic rings. The quantitative estimate of drug-likeness (QED) is 0.495. The van der Waals surface area contributed by atoms with E-state index in [0.717, 1.165) is 11.8 Å². The van der Waals surface area contributed by atoms with Gasteiger partial charge in [0, 0.05) is 5.33 Å². The molecule has 0 bridgehead atoms. The van der Waals surface area contributed by atoms with E-state index in [-0.39, 0.29) is 0 Å². The molecule has 1 aromatic carbocycles. The van der Waals surface area contributed by atoms with Gasteiger partial charge in [0.25, 0.3) is 0 Å². The first-order valence-electron chi connectivity index (χ1n) is 6.00. The maximum atomic E-state index is 3.46. The monoisotopic (exact) mass is 268 g/mol. The number of hydrogen-bond donors (Lipinski definition) is 0. The van der Waals surface area contributed by atoms with Crippen LogP contribution in [0.15, 0.2) is 24.3 Å². The van der Waals surface area contributed by atoms with Crippen LogP contribution in [-0.2, 0) is 12.8 Å².